The van der Waals surface area contributed by atoms with E-state index in [-0.39, 0.29) is 19.1 Å². The summed E-state index contributed by atoms with van der Waals surface area (Å²) in [5.74, 6) is -6.56. The van der Waals surface area contributed by atoms with Crippen molar-refractivity contribution < 1.29 is 28.6 Å². The smallest absolute Gasteiger partial charge is 0.377 e. The van der Waals surface area contributed by atoms with Crippen LogP contribution in [0.2, 0.25) is 0 Å². The maximum Gasteiger partial charge on any atom is 0.377 e. The third-order valence-electron chi connectivity index (χ3n) is 3.10. The Morgan fingerprint density at radius 1 is 1.28 bits per heavy atom. The fraction of sp³-hybridized carbons (Fsp3) is 0.800. The minimum absolute atomic E-state index is 0.101. The third-order valence-corrected chi connectivity index (χ3v) is 3.10. The number of piperidine rings is 1. The summed E-state index contributed by atoms with van der Waals surface area (Å²) < 4.78 is 26.7. The Bertz CT molecular complexity index is 352. The Morgan fingerprint density at radius 2 is 1.72 bits per heavy atom. The average Bonchev–Trinajstić information content (AvgIpc) is 2.28. The molecule has 0 saturated carbocycles. The van der Waals surface area contributed by atoms with E-state index in [2.05, 4.69) is 0 Å². The van der Waals surface area contributed by atoms with E-state index in [0.717, 1.165) is 0 Å². The minimum Gasteiger partial charge on any atom is -0.477 e. The van der Waals surface area contributed by atoms with Crippen molar-refractivity contribution in [3.05, 3.63) is 0 Å². The number of rotatable bonds is 2. The van der Waals surface area contributed by atoms with E-state index in [1.54, 1.807) is 0 Å². The lowest BCUT2D eigenvalue weighted by atomic mass is 9.85. The highest BCUT2D eigenvalue weighted by atomic mass is 19.3. The number of hydrogen-bond acceptors (Lipinski definition) is 3. The highest BCUT2D eigenvalue weighted by molar-refractivity contribution is 5.77. The van der Waals surface area contributed by atoms with Gasteiger partial charge in [-0.05, 0) is 0 Å². The van der Waals surface area contributed by atoms with Crippen LogP contribution in [0.1, 0.15) is 12.8 Å². The summed E-state index contributed by atoms with van der Waals surface area (Å²) in [5.41, 5.74) is -2.60. The molecule has 1 saturated heterocycles. The number of carboxylic acids is 1. The number of hydrogen-bond donors (Lipinski definition) is 2. The molecule has 104 valence electrons. The molecule has 0 aliphatic carbocycles. The fourth-order valence-corrected chi connectivity index (χ4v) is 1.86. The molecular weight excluding hydrogens is 250 g/mol. The molecule has 2 N–H and O–H groups in total. The zero-order valence-electron chi connectivity index (χ0n) is 10.2. The summed E-state index contributed by atoms with van der Waals surface area (Å²) in [5, 5.41) is 18.1. The second-order valence-corrected chi connectivity index (χ2v) is 4.58. The lowest BCUT2D eigenvalue weighted by Crippen LogP contribution is -2.59. The molecule has 0 aromatic heterocycles. The molecule has 6 nitrogen and oxygen atoms in total. The number of alkyl halides is 2. The Balaban J connectivity index is 2.74. The number of urea groups is 1. The predicted octanol–water partition coefficient (Wildman–Crippen LogP) is 0.215. The molecule has 0 spiro atoms. The number of halogens is 2. The molecule has 0 aromatic carbocycles. The first kappa shape index (κ1) is 14.6. The highest BCUT2D eigenvalue weighted by Crippen LogP contribution is 2.37. The number of likely N-dealkylation sites (tertiary alicyclic amines) is 1. The lowest BCUT2D eigenvalue weighted by Gasteiger charge is -2.41. The number of aliphatic hydroxyl groups is 1. The molecule has 0 unspecified atom stereocenters. The first-order chi connectivity index (χ1) is 8.12. The van der Waals surface area contributed by atoms with E-state index in [9.17, 15) is 23.5 Å². The van der Waals surface area contributed by atoms with Gasteiger partial charge in [0.1, 0.15) is 5.60 Å². The second-order valence-electron chi connectivity index (χ2n) is 4.58. The van der Waals surface area contributed by atoms with E-state index in [1.807, 2.05) is 0 Å². The first-order valence-electron chi connectivity index (χ1n) is 5.41. The molecule has 18 heavy (non-hydrogen) atoms. The van der Waals surface area contributed by atoms with E-state index < -0.39 is 30.3 Å². The van der Waals surface area contributed by atoms with Crippen molar-refractivity contribution in [2.75, 3.05) is 27.2 Å². The maximum absolute atomic E-state index is 13.3. The van der Waals surface area contributed by atoms with Crippen molar-refractivity contribution in [1.29, 1.82) is 0 Å². The SMILES string of the molecule is CN(C)C(=O)N1CCC(O)(C(F)(F)C(=O)O)CC1. The van der Waals surface area contributed by atoms with Crippen molar-refractivity contribution in [2.24, 2.45) is 0 Å². The summed E-state index contributed by atoms with van der Waals surface area (Å²) >= 11 is 0. The van der Waals surface area contributed by atoms with Crippen LogP contribution >= 0.6 is 0 Å². The third kappa shape index (κ3) is 2.38. The van der Waals surface area contributed by atoms with Gasteiger partial charge >= 0.3 is 17.9 Å². The highest BCUT2D eigenvalue weighted by Gasteiger charge is 2.59. The molecule has 0 radical (unpaired) electrons. The van der Waals surface area contributed by atoms with Gasteiger partial charge in [-0.15, -0.1) is 0 Å². The topological polar surface area (TPSA) is 81.1 Å². The Kier molecular flexibility index (Phi) is 3.80. The number of nitrogens with zero attached hydrogens (tertiary/aromatic N) is 2. The number of amides is 2. The molecule has 1 fully saturated rings. The summed E-state index contributed by atoms with van der Waals surface area (Å²) in [4.78, 5) is 24.6. The quantitative estimate of drug-likeness (QED) is 0.749. The Hall–Kier alpha value is -1.44. The van der Waals surface area contributed by atoms with Crippen LogP contribution in [0, 0.1) is 0 Å². The van der Waals surface area contributed by atoms with Crippen LogP contribution in [0.15, 0.2) is 0 Å². The minimum atomic E-state index is -4.21. The van der Waals surface area contributed by atoms with Gasteiger partial charge in [-0.3, -0.25) is 0 Å². The first-order valence-corrected chi connectivity index (χ1v) is 5.41. The largest absolute Gasteiger partial charge is 0.477 e. The Labute approximate surface area is 103 Å². The van der Waals surface area contributed by atoms with Crippen molar-refractivity contribution in [3.8, 4) is 0 Å². The fourth-order valence-electron chi connectivity index (χ4n) is 1.86. The molecule has 8 heteroatoms. The molecule has 1 aliphatic heterocycles. The lowest BCUT2D eigenvalue weighted by molar-refractivity contribution is -0.217. The van der Waals surface area contributed by atoms with Crippen molar-refractivity contribution >= 4 is 12.0 Å². The van der Waals surface area contributed by atoms with Crippen LogP contribution in [0.25, 0.3) is 0 Å². The molecule has 0 aromatic rings. The molecule has 0 bridgehead atoms. The van der Waals surface area contributed by atoms with Gasteiger partial charge in [0.2, 0.25) is 0 Å². The standard InChI is InChI=1S/C10H16F2N2O4/c1-13(2)8(17)14-5-3-9(18,4-6-14)10(11,12)7(15)16/h18H,3-6H2,1-2H3,(H,15,16). The van der Waals surface area contributed by atoms with E-state index >= 15 is 0 Å². The van der Waals surface area contributed by atoms with Crippen LogP contribution in [-0.4, -0.2) is 70.7 Å². The van der Waals surface area contributed by atoms with Crippen molar-refractivity contribution in [1.82, 2.24) is 9.80 Å². The van der Waals surface area contributed by atoms with E-state index in [4.69, 9.17) is 5.11 Å². The number of carbonyl (C=O) groups excluding carboxylic acids is 1. The van der Waals surface area contributed by atoms with Gasteiger partial charge in [-0.25, -0.2) is 9.59 Å². The van der Waals surface area contributed by atoms with Crippen LogP contribution in [-0.2, 0) is 4.79 Å². The van der Waals surface area contributed by atoms with Crippen LogP contribution in [0.4, 0.5) is 13.6 Å². The molecule has 1 aliphatic rings. The summed E-state index contributed by atoms with van der Waals surface area (Å²) in [6, 6.07) is -0.351. The van der Waals surface area contributed by atoms with Crippen LogP contribution in [0.3, 0.4) is 0 Å². The summed E-state index contributed by atoms with van der Waals surface area (Å²) in [7, 11) is 3.05. The second kappa shape index (κ2) is 4.68. The van der Waals surface area contributed by atoms with Gasteiger partial charge in [0.05, 0.1) is 0 Å². The summed E-state index contributed by atoms with van der Waals surface area (Å²) in [6.07, 6.45) is -0.933. The van der Waals surface area contributed by atoms with Gasteiger partial charge < -0.3 is 20.0 Å². The zero-order chi connectivity index (χ0) is 14.1. The van der Waals surface area contributed by atoms with Crippen LogP contribution in [0.5, 0.6) is 0 Å². The molecule has 2 amide bonds. The van der Waals surface area contributed by atoms with Gasteiger partial charge in [-0.2, -0.15) is 8.78 Å². The van der Waals surface area contributed by atoms with Crippen molar-refractivity contribution in [3.63, 3.8) is 0 Å². The number of carbonyl (C=O) groups is 2. The van der Waals surface area contributed by atoms with Gasteiger partial charge in [0.25, 0.3) is 0 Å². The zero-order valence-corrected chi connectivity index (χ0v) is 10.2. The summed E-state index contributed by atoms with van der Waals surface area (Å²) in [6.45, 7) is -0.202. The van der Waals surface area contributed by atoms with E-state index in [1.165, 1.54) is 23.9 Å². The molecular formula is C10H16F2N2O4. The molecule has 1 rings (SSSR count). The van der Waals surface area contributed by atoms with Crippen molar-refractivity contribution in [2.45, 2.75) is 24.4 Å². The maximum atomic E-state index is 13.3. The van der Waals surface area contributed by atoms with Crippen LogP contribution < -0.4 is 0 Å². The van der Waals surface area contributed by atoms with Gasteiger partial charge in [-0.1, -0.05) is 0 Å². The van der Waals surface area contributed by atoms with Gasteiger partial charge in [0, 0.05) is 40.0 Å². The average molecular weight is 266 g/mol. The number of aliphatic carboxylic acids is 1. The monoisotopic (exact) mass is 266 g/mol. The Morgan fingerprint density at radius 3 is 2.06 bits per heavy atom. The predicted molar refractivity (Wildman–Crippen MR) is 57.4 cm³/mol. The number of carboxylic acid groups (broad SMARTS) is 1. The molecule has 1 heterocycles. The molecule has 0 atom stereocenters. The normalized spacial score (nSPS) is 19.5. The van der Waals surface area contributed by atoms with E-state index in [0.29, 0.717) is 0 Å². The van der Waals surface area contributed by atoms with Gasteiger partial charge in [0.15, 0.2) is 0 Å².